The van der Waals surface area contributed by atoms with Gasteiger partial charge in [0.2, 0.25) is 0 Å². The van der Waals surface area contributed by atoms with Gasteiger partial charge < -0.3 is 18.5 Å². The predicted octanol–water partition coefficient (Wildman–Crippen LogP) is 6.78. The van der Waals surface area contributed by atoms with Crippen LogP contribution in [0, 0.1) is 13.8 Å². The van der Waals surface area contributed by atoms with Crippen molar-refractivity contribution in [2.45, 2.75) is 27.1 Å². The van der Waals surface area contributed by atoms with Crippen LogP contribution in [0.3, 0.4) is 0 Å². The molecule has 0 saturated heterocycles. The van der Waals surface area contributed by atoms with Gasteiger partial charge >= 0.3 is 11.9 Å². The molecule has 0 radical (unpaired) electrons. The minimum Gasteiger partial charge on any atom is -0.457 e. The van der Waals surface area contributed by atoms with Crippen molar-refractivity contribution in [3.8, 4) is 34.0 Å². The lowest BCUT2D eigenvalue weighted by atomic mass is 10.1. The number of pyridine rings is 2. The average molecular weight is 587 g/mol. The van der Waals surface area contributed by atoms with Crippen LogP contribution in [0.5, 0.6) is 0 Å². The summed E-state index contributed by atoms with van der Waals surface area (Å²) in [5.74, 6) is -0.357. The molecule has 4 aromatic heterocycles. The first-order valence-corrected chi connectivity index (χ1v) is 13.8. The van der Waals surface area contributed by atoms with E-state index in [0.717, 1.165) is 11.1 Å². The van der Waals surface area contributed by atoms with Crippen molar-refractivity contribution in [1.29, 1.82) is 0 Å². The minimum atomic E-state index is -0.540. The van der Waals surface area contributed by atoms with Gasteiger partial charge in [0.15, 0.2) is 11.5 Å². The van der Waals surface area contributed by atoms with Gasteiger partial charge in [-0.2, -0.15) is 0 Å². The van der Waals surface area contributed by atoms with E-state index in [2.05, 4.69) is 20.3 Å². The van der Waals surface area contributed by atoms with Gasteiger partial charge in [0.25, 0.3) is 0 Å². The highest BCUT2D eigenvalue weighted by atomic mass is 16.5. The molecule has 0 aliphatic rings. The second kappa shape index (κ2) is 12.5. The van der Waals surface area contributed by atoms with Gasteiger partial charge in [-0.1, -0.05) is 71.0 Å². The van der Waals surface area contributed by atoms with Crippen LogP contribution in [-0.4, -0.2) is 32.2 Å². The molecule has 6 rings (SSSR count). The monoisotopic (exact) mass is 586 g/mol. The van der Waals surface area contributed by atoms with Crippen molar-refractivity contribution in [2.75, 3.05) is 0 Å². The van der Waals surface area contributed by atoms with E-state index in [1.54, 1.807) is 50.5 Å². The van der Waals surface area contributed by atoms with Crippen LogP contribution in [0.25, 0.3) is 34.0 Å². The zero-order valence-corrected chi connectivity index (χ0v) is 23.9. The number of carbonyl (C=O) groups is 2. The van der Waals surface area contributed by atoms with Gasteiger partial charge in [-0.15, -0.1) is 0 Å². The fourth-order valence-electron chi connectivity index (χ4n) is 4.64. The van der Waals surface area contributed by atoms with Crippen LogP contribution >= 0.6 is 0 Å². The zero-order valence-electron chi connectivity index (χ0n) is 23.9. The first-order chi connectivity index (χ1) is 21.5. The number of ether oxygens (including phenoxy) is 2. The van der Waals surface area contributed by atoms with Crippen LogP contribution in [-0.2, 0) is 22.7 Å². The Kier molecular flexibility index (Phi) is 8.04. The summed E-state index contributed by atoms with van der Waals surface area (Å²) in [7, 11) is 0. The Bertz CT molecular complexity index is 1790. The minimum absolute atomic E-state index is 0.00629. The summed E-state index contributed by atoms with van der Waals surface area (Å²) in [6, 6.07) is 25.6. The van der Waals surface area contributed by atoms with E-state index in [9.17, 15) is 9.59 Å². The molecular weight excluding hydrogens is 560 g/mol. The van der Waals surface area contributed by atoms with Crippen molar-refractivity contribution in [2.24, 2.45) is 0 Å². The molecule has 0 aliphatic heterocycles. The zero-order chi connectivity index (χ0) is 30.5. The lowest BCUT2D eigenvalue weighted by Crippen LogP contribution is -2.08. The molecule has 0 bridgehead atoms. The Balaban J connectivity index is 1.13. The summed E-state index contributed by atoms with van der Waals surface area (Å²) >= 11 is 0. The number of nitrogens with zero attached hydrogens (tertiary/aromatic N) is 4. The molecule has 0 N–H and O–H groups in total. The third-order valence-corrected chi connectivity index (χ3v) is 6.86. The summed E-state index contributed by atoms with van der Waals surface area (Å²) < 4.78 is 22.1. The molecule has 0 fully saturated rings. The second-order valence-corrected chi connectivity index (χ2v) is 9.93. The summed E-state index contributed by atoms with van der Waals surface area (Å²) in [5.41, 5.74) is 5.49. The van der Waals surface area contributed by atoms with E-state index in [0.29, 0.717) is 45.4 Å². The molecule has 2 aromatic carbocycles. The summed E-state index contributed by atoms with van der Waals surface area (Å²) in [6.45, 7) is 3.41. The lowest BCUT2D eigenvalue weighted by molar-refractivity contribution is 0.0463. The molecule has 0 atom stereocenters. The Labute approximate surface area is 252 Å². The summed E-state index contributed by atoms with van der Waals surface area (Å²) in [6.07, 6.45) is 3.24. The summed E-state index contributed by atoms with van der Waals surface area (Å²) in [4.78, 5) is 34.9. The Morgan fingerprint density at radius 3 is 1.43 bits per heavy atom. The van der Waals surface area contributed by atoms with Gasteiger partial charge in [-0.05, 0) is 49.2 Å². The Morgan fingerprint density at radius 2 is 1.02 bits per heavy atom. The smallest absolute Gasteiger partial charge is 0.344 e. The molecule has 0 saturated carbocycles. The van der Waals surface area contributed by atoms with Crippen molar-refractivity contribution < 1.29 is 28.1 Å². The molecule has 0 amide bonds. The van der Waals surface area contributed by atoms with Gasteiger partial charge in [0.1, 0.15) is 24.3 Å². The molecule has 4 heterocycles. The number of hydrogen-bond donors (Lipinski definition) is 0. The molecule has 218 valence electrons. The van der Waals surface area contributed by atoms with Gasteiger partial charge in [-0.3, -0.25) is 9.97 Å². The molecule has 0 unspecified atom stereocenters. The number of rotatable bonds is 9. The lowest BCUT2D eigenvalue weighted by Gasteiger charge is -2.09. The van der Waals surface area contributed by atoms with Crippen LogP contribution in [0.1, 0.15) is 43.2 Å². The van der Waals surface area contributed by atoms with Crippen molar-refractivity contribution in [1.82, 2.24) is 20.3 Å². The van der Waals surface area contributed by atoms with E-state index in [1.165, 1.54) is 0 Å². The van der Waals surface area contributed by atoms with Gasteiger partial charge in [0.05, 0.1) is 22.8 Å². The standard InChI is InChI=1S/C34H26N4O6/c1-21-29(31(43-37-21)25-9-5-3-6-10-25)33(39)41-19-23-13-15-35-27(17-23)28-18-24(14-16-36-28)20-42-34(40)30-22(2)38-44-32(30)26-11-7-4-8-12-26/h3-18H,19-20H2,1-2H3. The van der Waals surface area contributed by atoms with Gasteiger partial charge in [-0.25, -0.2) is 9.59 Å². The Morgan fingerprint density at radius 1 is 0.614 bits per heavy atom. The predicted molar refractivity (Wildman–Crippen MR) is 159 cm³/mol. The normalized spacial score (nSPS) is 10.9. The van der Waals surface area contributed by atoms with Crippen LogP contribution in [0.15, 0.2) is 106 Å². The molecule has 6 aromatic rings. The number of aryl methyl sites for hydroxylation is 2. The number of carbonyl (C=O) groups excluding carboxylic acids is 2. The third-order valence-electron chi connectivity index (χ3n) is 6.86. The third kappa shape index (κ3) is 6.00. The number of hydrogen-bond acceptors (Lipinski definition) is 10. The molecule has 0 spiro atoms. The van der Waals surface area contributed by atoms with E-state index in [-0.39, 0.29) is 24.3 Å². The van der Waals surface area contributed by atoms with Crippen LogP contribution in [0.4, 0.5) is 0 Å². The number of esters is 2. The average Bonchev–Trinajstić information content (AvgIpc) is 3.66. The quantitative estimate of drug-likeness (QED) is 0.167. The van der Waals surface area contributed by atoms with Gasteiger partial charge in [0, 0.05) is 23.5 Å². The van der Waals surface area contributed by atoms with Crippen molar-refractivity contribution in [3.05, 3.63) is 131 Å². The van der Waals surface area contributed by atoms with Crippen molar-refractivity contribution >= 4 is 11.9 Å². The van der Waals surface area contributed by atoms with Crippen LogP contribution in [0.2, 0.25) is 0 Å². The Hall–Kier alpha value is -5.90. The highest BCUT2D eigenvalue weighted by molar-refractivity contribution is 5.97. The van der Waals surface area contributed by atoms with E-state index >= 15 is 0 Å². The molecule has 0 aliphatic carbocycles. The summed E-state index contributed by atoms with van der Waals surface area (Å²) in [5, 5.41) is 7.92. The SMILES string of the molecule is Cc1noc(-c2ccccc2)c1C(=O)OCc1ccnc(-c2cc(COC(=O)c3c(C)noc3-c3ccccc3)ccn2)c1. The second-order valence-electron chi connectivity index (χ2n) is 9.93. The highest BCUT2D eigenvalue weighted by Crippen LogP contribution is 2.28. The largest absolute Gasteiger partial charge is 0.457 e. The van der Waals surface area contributed by atoms with Crippen molar-refractivity contribution in [3.63, 3.8) is 0 Å². The maximum atomic E-state index is 13.0. The fraction of sp³-hybridized carbons (Fsp3) is 0.118. The number of aromatic nitrogens is 4. The first kappa shape index (κ1) is 28.2. The molecule has 10 heteroatoms. The molecular formula is C34H26N4O6. The fourth-order valence-corrected chi connectivity index (χ4v) is 4.64. The molecule has 10 nitrogen and oxygen atoms in total. The van der Waals surface area contributed by atoms with E-state index in [4.69, 9.17) is 18.5 Å². The first-order valence-electron chi connectivity index (χ1n) is 13.8. The molecule has 44 heavy (non-hydrogen) atoms. The van der Waals surface area contributed by atoms with E-state index < -0.39 is 11.9 Å². The van der Waals surface area contributed by atoms with E-state index in [1.807, 2.05) is 60.7 Å². The topological polar surface area (TPSA) is 130 Å². The number of benzene rings is 2. The maximum Gasteiger partial charge on any atom is 0.344 e. The highest BCUT2D eigenvalue weighted by Gasteiger charge is 2.24. The maximum absolute atomic E-state index is 13.0. The van der Waals surface area contributed by atoms with Crippen LogP contribution < -0.4 is 0 Å².